The zero-order chi connectivity index (χ0) is 32.0. The molecule has 0 saturated heterocycles. The summed E-state index contributed by atoms with van der Waals surface area (Å²) in [4.78, 5) is 0.586. The maximum Gasteiger partial charge on any atom is 0.206 e. The van der Waals surface area contributed by atoms with Crippen molar-refractivity contribution in [2.45, 2.75) is 15.2 Å². The Morgan fingerprint density at radius 3 is 1.46 bits per heavy atom. The van der Waals surface area contributed by atoms with E-state index in [1.165, 1.54) is 55.3 Å². The van der Waals surface area contributed by atoms with E-state index < -0.39 is 15.3 Å². The van der Waals surface area contributed by atoms with Crippen LogP contribution in [0.5, 0.6) is 0 Å². The number of hydrogen-bond donors (Lipinski definition) is 0. The van der Waals surface area contributed by atoms with Crippen LogP contribution in [-0.4, -0.2) is 8.42 Å². The van der Waals surface area contributed by atoms with E-state index in [1.807, 2.05) is 18.2 Å². The van der Waals surface area contributed by atoms with Gasteiger partial charge in [0.25, 0.3) is 0 Å². The Bertz CT molecular complexity index is 2680. The average molecular weight is 633 g/mol. The molecule has 0 atom stereocenters. The van der Waals surface area contributed by atoms with Crippen LogP contribution in [0, 0.1) is 0 Å². The third kappa shape index (κ3) is 3.44. The largest absolute Gasteiger partial charge is 0.219 e. The molecule has 0 fully saturated rings. The van der Waals surface area contributed by atoms with Crippen LogP contribution in [0.1, 0.15) is 22.3 Å². The van der Waals surface area contributed by atoms with E-state index in [0.29, 0.717) is 4.90 Å². The van der Waals surface area contributed by atoms with Crippen molar-refractivity contribution in [3.63, 3.8) is 0 Å². The van der Waals surface area contributed by atoms with Crippen LogP contribution in [-0.2, 0) is 15.3 Å². The zero-order valence-electron chi connectivity index (χ0n) is 25.9. The van der Waals surface area contributed by atoms with Gasteiger partial charge in [-0.3, -0.25) is 0 Å². The summed E-state index contributed by atoms with van der Waals surface area (Å²) in [6, 6.07) is 58.3. The third-order valence-electron chi connectivity index (χ3n) is 10.5. The van der Waals surface area contributed by atoms with Crippen molar-refractivity contribution in [2.75, 3.05) is 0 Å². The van der Waals surface area contributed by atoms with Crippen LogP contribution >= 0.6 is 0 Å². The molecule has 0 aromatic heterocycles. The Hall–Kier alpha value is -5.77. The Morgan fingerprint density at radius 1 is 0.354 bits per heavy atom. The zero-order valence-corrected chi connectivity index (χ0v) is 26.7. The molecule has 0 heterocycles. The van der Waals surface area contributed by atoms with E-state index in [0.717, 1.165) is 21.9 Å². The molecule has 1 spiro atoms. The highest BCUT2D eigenvalue weighted by atomic mass is 32.2. The second-order valence-corrected chi connectivity index (χ2v) is 14.7. The predicted octanol–water partition coefficient (Wildman–Crippen LogP) is 10.8. The van der Waals surface area contributed by atoms with E-state index in [-0.39, 0.29) is 4.90 Å². The fraction of sp³-hybridized carbons (Fsp3) is 0.0222. The quantitative estimate of drug-likeness (QED) is 0.182. The van der Waals surface area contributed by atoms with Gasteiger partial charge in [-0.2, -0.15) is 0 Å². The summed E-state index contributed by atoms with van der Waals surface area (Å²) in [7, 11) is -3.64. The van der Waals surface area contributed by atoms with Crippen LogP contribution in [0.4, 0.5) is 0 Å². The van der Waals surface area contributed by atoms with Gasteiger partial charge in [0.05, 0.1) is 15.2 Å². The van der Waals surface area contributed by atoms with Gasteiger partial charge < -0.3 is 0 Å². The molecular weight excluding hydrogens is 605 g/mol. The lowest BCUT2D eigenvalue weighted by atomic mass is 9.60. The van der Waals surface area contributed by atoms with Crippen molar-refractivity contribution in [3.05, 3.63) is 192 Å². The maximum atomic E-state index is 13.5. The lowest BCUT2D eigenvalue weighted by Crippen LogP contribution is -2.31. The molecule has 2 aliphatic rings. The summed E-state index contributed by atoms with van der Waals surface area (Å²) in [6.45, 7) is 0. The van der Waals surface area contributed by atoms with Crippen molar-refractivity contribution in [2.24, 2.45) is 0 Å². The van der Waals surface area contributed by atoms with E-state index >= 15 is 0 Å². The van der Waals surface area contributed by atoms with Crippen LogP contribution in [0.15, 0.2) is 180 Å². The van der Waals surface area contributed by atoms with E-state index in [1.54, 1.807) is 36.4 Å². The van der Waals surface area contributed by atoms with E-state index in [9.17, 15) is 8.42 Å². The first-order valence-electron chi connectivity index (χ1n) is 16.3. The van der Waals surface area contributed by atoms with Crippen molar-refractivity contribution in [3.8, 4) is 33.4 Å². The Labute approximate surface area is 279 Å². The Kier molecular flexibility index (Phi) is 5.62. The van der Waals surface area contributed by atoms with Gasteiger partial charge in [-0.05, 0) is 101 Å². The summed E-state index contributed by atoms with van der Waals surface area (Å²) < 4.78 is 27.0. The van der Waals surface area contributed by atoms with Gasteiger partial charge >= 0.3 is 0 Å². The van der Waals surface area contributed by atoms with Gasteiger partial charge in [-0.15, -0.1) is 0 Å². The van der Waals surface area contributed by atoms with Crippen molar-refractivity contribution in [1.82, 2.24) is 0 Å². The lowest BCUT2D eigenvalue weighted by Gasteiger charge is -2.40. The first-order chi connectivity index (χ1) is 23.6. The van der Waals surface area contributed by atoms with Crippen LogP contribution in [0.3, 0.4) is 0 Å². The van der Waals surface area contributed by atoms with Crippen molar-refractivity contribution < 1.29 is 8.42 Å². The molecule has 3 heteroatoms. The molecule has 2 aliphatic carbocycles. The Balaban J connectivity index is 1.32. The topological polar surface area (TPSA) is 34.1 Å². The highest BCUT2D eigenvalue weighted by Crippen LogP contribution is 2.63. The summed E-state index contributed by atoms with van der Waals surface area (Å²) in [6.07, 6.45) is 0. The normalized spacial score (nSPS) is 13.8. The number of rotatable bonds is 3. The van der Waals surface area contributed by atoms with Crippen molar-refractivity contribution >= 4 is 31.4 Å². The monoisotopic (exact) mass is 632 g/mol. The maximum absolute atomic E-state index is 13.5. The van der Waals surface area contributed by atoms with Crippen LogP contribution in [0.25, 0.3) is 54.9 Å². The molecule has 0 saturated carbocycles. The van der Waals surface area contributed by atoms with Gasteiger partial charge in [-0.25, -0.2) is 8.42 Å². The highest BCUT2D eigenvalue weighted by Gasteiger charge is 2.50. The standard InChI is InChI=1S/C45H28O2S/c46-48(47,30-13-2-1-3-14-30)31-27-25-29(26-28-31)42-34-17-4-5-18-35(34)43-36-19-8-11-23-40(36)45(41-24-12-20-37(42)44(41)43)38-21-9-6-15-32(38)33-16-7-10-22-39(33)45/h1-28H. The first kappa shape index (κ1) is 27.4. The predicted molar refractivity (Wildman–Crippen MR) is 195 cm³/mol. The van der Waals surface area contributed by atoms with Crippen LogP contribution in [0.2, 0.25) is 0 Å². The van der Waals surface area contributed by atoms with E-state index in [2.05, 4.69) is 115 Å². The molecule has 0 unspecified atom stereocenters. The lowest BCUT2D eigenvalue weighted by molar-refractivity contribution is 0.596. The minimum Gasteiger partial charge on any atom is -0.219 e. The number of hydrogen-bond acceptors (Lipinski definition) is 2. The van der Waals surface area contributed by atoms with E-state index in [4.69, 9.17) is 0 Å². The minimum absolute atomic E-state index is 0.288. The molecule has 0 aliphatic heterocycles. The summed E-state index contributed by atoms with van der Waals surface area (Å²) in [5.74, 6) is 0. The molecule has 8 aromatic carbocycles. The molecule has 0 amide bonds. The molecule has 0 bridgehead atoms. The highest BCUT2D eigenvalue weighted by molar-refractivity contribution is 7.91. The molecule has 10 rings (SSSR count). The molecule has 48 heavy (non-hydrogen) atoms. The fourth-order valence-electron chi connectivity index (χ4n) is 8.66. The second-order valence-electron chi connectivity index (χ2n) is 12.8. The number of fused-ring (bicyclic) bond motifs is 11. The fourth-order valence-corrected chi connectivity index (χ4v) is 9.94. The number of benzene rings is 8. The molecular formula is C45H28O2S. The molecule has 2 nitrogen and oxygen atoms in total. The minimum atomic E-state index is -3.64. The number of sulfone groups is 1. The molecule has 8 aromatic rings. The molecule has 0 N–H and O–H groups in total. The van der Waals surface area contributed by atoms with Gasteiger partial charge in [-0.1, -0.05) is 146 Å². The van der Waals surface area contributed by atoms with Crippen LogP contribution < -0.4 is 0 Å². The first-order valence-corrected chi connectivity index (χ1v) is 17.8. The average Bonchev–Trinajstić information content (AvgIpc) is 3.44. The molecule has 0 radical (unpaired) electrons. The summed E-state index contributed by atoms with van der Waals surface area (Å²) in [5.41, 5.74) is 11.9. The second kappa shape index (κ2) is 9.87. The van der Waals surface area contributed by atoms with Gasteiger partial charge in [0.15, 0.2) is 0 Å². The summed E-state index contributed by atoms with van der Waals surface area (Å²) in [5, 5.41) is 4.75. The van der Waals surface area contributed by atoms with Gasteiger partial charge in [0.1, 0.15) is 0 Å². The SMILES string of the molecule is O=S(=O)(c1ccccc1)c1ccc(-c2c3ccccc3c3c4c(cccc24)C2(c4ccccc4-c4ccccc42)c2ccccc2-3)cc1. The molecule has 226 valence electrons. The van der Waals surface area contributed by atoms with Gasteiger partial charge in [0, 0.05) is 0 Å². The third-order valence-corrected chi connectivity index (χ3v) is 12.3. The summed E-state index contributed by atoms with van der Waals surface area (Å²) >= 11 is 0. The van der Waals surface area contributed by atoms with Gasteiger partial charge in [0.2, 0.25) is 9.84 Å². The Morgan fingerprint density at radius 2 is 0.812 bits per heavy atom. The van der Waals surface area contributed by atoms with Crippen molar-refractivity contribution in [1.29, 1.82) is 0 Å². The smallest absolute Gasteiger partial charge is 0.206 e.